The molecule has 8 heteroatoms. The topological polar surface area (TPSA) is 101 Å². The van der Waals surface area contributed by atoms with E-state index in [9.17, 15) is 4.79 Å². The minimum absolute atomic E-state index is 0.0926. The Labute approximate surface area is 163 Å². The molecule has 0 saturated heterocycles. The molecule has 0 aliphatic rings. The van der Waals surface area contributed by atoms with Crippen molar-refractivity contribution in [3.05, 3.63) is 54.7 Å². The van der Waals surface area contributed by atoms with Crippen LogP contribution in [0.5, 0.6) is 5.88 Å². The number of aliphatic hydroxyl groups excluding tert-OH is 1. The summed E-state index contributed by atoms with van der Waals surface area (Å²) in [6.45, 7) is 0.818. The fourth-order valence-electron chi connectivity index (χ4n) is 2.67. The van der Waals surface area contributed by atoms with Crippen LogP contribution in [0, 0.1) is 0 Å². The minimum Gasteiger partial charge on any atom is -0.481 e. The van der Waals surface area contributed by atoms with Crippen molar-refractivity contribution in [3.63, 3.8) is 0 Å². The highest BCUT2D eigenvalue weighted by molar-refractivity contribution is 5.92. The molecule has 1 aromatic carbocycles. The Balaban J connectivity index is 1.84. The molecule has 0 fully saturated rings. The molecule has 0 aliphatic carbocycles. The Hall–Kier alpha value is -3.23. The van der Waals surface area contributed by atoms with E-state index in [2.05, 4.69) is 20.7 Å². The van der Waals surface area contributed by atoms with Crippen LogP contribution in [0.25, 0.3) is 16.9 Å². The third-order valence-corrected chi connectivity index (χ3v) is 4.02. The molecule has 146 valence electrons. The first-order chi connectivity index (χ1) is 13.7. The van der Waals surface area contributed by atoms with Gasteiger partial charge < -0.3 is 20.5 Å². The number of rotatable bonds is 9. The zero-order valence-corrected chi connectivity index (χ0v) is 15.6. The maximum Gasteiger partial charge on any atom is 0.239 e. The van der Waals surface area contributed by atoms with Crippen LogP contribution in [0.15, 0.2) is 54.7 Å². The number of methoxy groups -OCH3 is 1. The van der Waals surface area contributed by atoms with Crippen LogP contribution in [-0.4, -0.2) is 52.6 Å². The molecule has 0 radical (unpaired) electrons. The van der Waals surface area contributed by atoms with Gasteiger partial charge in [-0.3, -0.25) is 4.79 Å². The molecule has 0 unspecified atom stereocenters. The molecule has 28 heavy (non-hydrogen) atoms. The van der Waals surface area contributed by atoms with Crippen LogP contribution in [0.1, 0.15) is 6.42 Å². The lowest BCUT2D eigenvalue weighted by atomic mass is 10.1. The van der Waals surface area contributed by atoms with E-state index in [4.69, 9.17) is 9.84 Å². The van der Waals surface area contributed by atoms with Gasteiger partial charge in [0, 0.05) is 24.3 Å². The summed E-state index contributed by atoms with van der Waals surface area (Å²) in [5.74, 6) is 0.762. The molecule has 0 aliphatic heterocycles. The third-order valence-electron chi connectivity index (χ3n) is 4.02. The van der Waals surface area contributed by atoms with E-state index in [1.54, 1.807) is 24.1 Å². The fraction of sp³-hybridized carbons (Fsp3) is 0.250. The minimum atomic E-state index is -0.199. The van der Waals surface area contributed by atoms with Gasteiger partial charge in [-0.05, 0) is 19.0 Å². The van der Waals surface area contributed by atoms with E-state index in [1.165, 1.54) is 0 Å². The molecule has 3 N–H and O–H groups in total. The summed E-state index contributed by atoms with van der Waals surface area (Å²) < 4.78 is 6.84. The van der Waals surface area contributed by atoms with Crippen LogP contribution < -0.4 is 15.4 Å². The molecule has 2 aromatic heterocycles. The van der Waals surface area contributed by atoms with Gasteiger partial charge in [0.2, 0.25) is 11.8 Å². The number of hydrogen-bond donors (Lipinski definition) is 3. The average molecular weight is 381 g/mol. The molecule has 0 saturated carbocycles. The molecular formula is C20H23N5O3. The number of nitrogens with zero attached hydrogens (tertiary/aromatic N) is 3. The molecule has 1 amide bonds. The number of nitrogens with one attached hydrogen (secondary N) is 2. The number of carbonyl (C=O) groups is 1. The number of ether oxygens (including phenoxy) is 1. The van der Waals surface area contributed by atoms with E-state index in [1.807, 2.05) is 42.5 Å². The highest BCUT2D eigenvalue weighted by Gasteiger charge is 2.14. The summed E-state index contributed by atoms with van der Waals surface area (Å²) >= 11 is 0. The smallest absolute Gasteiger partial charge is 0.239 e. The molecule has 3 aromatic rings. The molecule has 0 atom stereocenters. The van der Waals surface area contributed by atoms with Crippen LogP contribution in [0.3, 0.4) is 0 Å². The van der Waals surface area contributed by atoms with Crippen LogP contribution in [-0.2, 0) is 4.79 Å². The highest BCUT2D eigenvalue weighted by atomic mass is 16.5. The molecule has 0 spiro atoms. The Morgan fingerprint density at radius 1 is 1.21 bits per heavy atom. The van der Waals surface area contributed by atoms with E-state index in [0.29, 0.717) is 24.7 Å². The van der Waals surface area contributed by atoms with Crippen molar-refractivity contribution in [3.8, 4) is 22.8 Å². The monoisotopic (exact) mass is 381 g/mol. The molecule has 8 nitrogen and oxygen atoms in total. The number of pyridine rings is 1. The van der Waals surface area contributed by atoms with Crippen molar-refractivity contribution >= 4 is 11.7 Å². The quantitative estimate of drug-likeness (QED) is 0.489. The van der Waals surface area contributed by atoms with E-state index in [0.717, 1.165) is 16.9 Å². The third kappa shape index (κ3) is 4.93. The van der Waals surface area contributed by atoms with E-state index in [-0.39, 0.29) is 19.1 Å². The second-order valence-electron chi connectivity index (χ2n) is 6.05. The Morgan fingerprint density at radius 3 is 2.71 bits per heavy atom. The Morgan fingerprint density at radius 2 is 2.04 bits per heavy atom. The summed E-state index contributed by atoms with van der Waals surface area (Å²) in [6, 6.07) is 15.2. The summed E-state index contributed by atoms with van der Waals surface area (Å²) in [5, 5.41) is 19.1. The van der Waals surface area contributed by atoms with Gasteiger partial charge in [0.1, 0.15) is 0 Å². The molecule has 3 rings (SSSR count). The standard InChI is InChI=1S/C20H23N5O3/c1-28-20-9-8-16(13-22-20)25-17(15-6-3-2-4-7-15)12-18(24-25)23-19(27)14-21-10-5-11-26/h2-4,6-9,12-13,21,26H,5,10-11,14H2,1H3,(H,23,24,27). The average Bonchev–Trinajstić information content (AvgIpc) is 3.15. The van der Waals surface area contributed by atoms with Crippen molar-refractivity contribution in [2.75, 3.05) is 32.1 Å². The lowest BCUT2D eigenvalue weighted by molar-refractivity contribution is -0.115. The number of aliphatic hydroxyl groups is 1. The Bertz CT molecular complexity index is 894. The van der Waals surface area contributed by atoms with Crippen LogP contribution >= 0.6 is 0 Å². The van der Waals surface area contributed by atoms with E-state index < -0.39 is 0 Å². The van der Waals surface area contributed by atoms with Gasteiger partial charge in [-0.25, -0.2) is 9.67 Å². The van der Waals surface area contributed by atoms with E-state index >= 15 is 0 Å². The molecule has 2 heterocycles. The first-order valence-corrected chi connectivity index (χ1v) is 8.98. The number of benzene rings is 1. The second-order valence-corrected chi connectivity index (χ2v) is 6.05. The number of hydrogen-bond acceptors (Lipinski definition) is 6. The normalized spacial score (nSPS) is 10.6. The summed E-state index contributed by atoms with van der Waals surface area (Å²) in [4.78, 5) is 16.4. The summed E-state index contributed by atoms with van der Waals surface area (Å²) in [6.07, 6.45) is 2.27. The van der Waals surface area contributed by atoms with Crippen molar-refractivity contribution in [1.82, 2.24) is 20.1 Å². The molecule has 0 bridgehead atoms. The zero-order chi connectivity index (χ0) is 19.8. The lowest BCUT2D eigenvalue weighted by Gasteiger charge is -2.07. The number of carbonyl (C=O) groups excluding carboxylic acids is 1. The Kier molecular flexibility index (Phi) is 6.72. The first-order valence-electron chi connectivity index (χ1n) is 8.98. The first kappa shape index (κ1) is 19.5. The zero-order valence-electron chi connectivity index (χ0n) is 15.6. The predicted molar refractivity (Wildman–Crippen MR) is 107 cm³/mol. The number of anilines is 1. The SMILES string of the molecule is COc1ccc(-n2nc(NC(=O)CNCCCO)cc2-c2ccccc2)cn1. The van der Waals surface area contributed by atoms with Crippen molar-refractivity contribution < 1.29 is 14.6 Å². The van der Waals surface area contributed by atoms with Gasteiger partial charge in [0.15, 0.2) is 5.82 Å². The summed E-state index contributed by atoms with van der Waals surface area (Å²) in [7, 11) is 1.56. The largest absolute Gasteiger partial charge is 0.481 e. The fourth-order valence-corrected chi connectivity index (χ4v) is 2.67. The van der Waals surface area contributed by atoms with Gasteiger partial charge >= 0.3 is 0 Å². The number of aromatic nitrogens is 3. The van der Waals surface area contributed by atoms with Crippen LogP contribution in [0.2, 0.25) is 0 Å². The van der Waals surface area contributed by atoms with Gasteiger partial charge in [-0.15, -0.1) is 5.10 Å². The van der Waals surface area contributed by atoms with Crippen molar-refractivity contribution in [1.29, 1.82) is 0 Å². The van der Waals surface area contributed by atoms with Crippen LogP contribution in [0.4, 0.5) is 5.82 Å². The lowest BCUT2D eigenvalue weighted by Crippen LogP contribution is -2.29. The molecular weight excluding hydrogens is 358 g/mol. The maximum absolute atomic E-state index is 12.1. The highest BCUT2D eigenvalue weighted by Crippen LogP contribution is 2.26. The van der Waals surface area contributed by atoms with Crippen molar-refractivity contribution in [2.45, 2.75) is 6.42 Å². The van der Waals surface area contributed by atoms with Crippen molar-refractivity contribution in [2.24, 2.45) is 0 Å². The summed E-state index contributed by atoms with van der Waals surface area (Å²) in [5.41, 5.74) is 2.55. The van der Waals surface area contributed by atoms with Gasteiger partial charge in [0.25, 0.3) is 0 Å². The van der Waals surface area contributed by atoms with Gasteiger partial charge in [-0.1, -0.05) is 30.3 Å². The maximum atomic E-state index is 12.1. The second kappa shape index (κ2) is 9.63. The van der Waals surface area contributed by atoms with Gasteiger partial charge in [-0.2, -0.15) is 0 Å². The predicted octanol–water partition coefficient (Wildman–Crippen LogP) is 1.85. The number of amides is 1. The van der Waals surface area contributed by atoms with Gasteiger partial charge in [0.05, 0.1) is 31.2 Å².